The van der Waals surface area contributed by atoms with Gasteiger partial charge in [0.2, 0.25) is 5.91 Å². The summed E-state index contributed by atoms with van der Waals surface area (Å²) in [7, 11) is 0. The number of aryl methyl sites for hydroxylation is 1. The third-order valence-corrected chi connectivity index (χ3v) is 6.38. The predicted octanol–water partition coefficient (Wildman–Crippen LogP) is 5.48. The number of carbonyl (C=O) groups excluding carboxylic acids is 3. The first kappa shape index (κ1) is 30.3. The van der Waals surface area contributed by atoms with Gasteiger partial charge >= 0.3 is 6.09 Å². The summed E-state index contributed by atoms with van der Waals surface area (Å²) >= 11 is 10.7. The molecule has 0 radical (unpaired) electrons. The second-order valence-corrected chi connectivity index (χ2v) is 10.6. The van der Waals surface area contributed by atoms with E-state index in [-0.39, 0.29) is 11.5 Å². The second kappa shape index (κ2) is 13.1. The summed E-state index contributed by atoms with van der Waals surface area (Å²) in [5.74, 6) is -0.991. The number of hydrogen-bond acceptors (Lipinski definition) is 6. The van der Waals surface area contributed by atoms with Crippen molar-refractivity contribution in [3.05, 3.63) is 58.6 Å². The Morgan fingerprint density at radius 3 is 2.27 bits per heavy atom. The molecule has 3 atom stereocenters. The highest BCUT2D eigenvalue weighted by Crippen LogP contribution is 2.31. The van der Waals surface area contributed by atoms with E-state index in [9.17, 15) is 19.5 Å². The Morgan fingerprint density at radius 1 is 1.14 bits per heavy atom. The smallest absolute Gasteiger partial charge is 0.408 e. The molecule has 0 saturated carbocycles. The number of ether oxygens (including phenoxy) is 1. The van der Waals surface area contributed by atoms with Crippen LogP contribution in [0.4, 0.5) is 10.5 Å². The molecule has 0 fully saturated rings. The van der Waals surface area contributed by atoms with Crippen LogP contribution in [0.15, 0.2) is 42.5 Å². The summed E-state index contributed by atoms with van der Waals surface area (Å²) in [4.78, 5) is 41.6. The standard InChI is InChI=1S/C27H36ClN3O5S/c1-7-17(3)31(25(34)21(15-37)29-26(35)36-27(4,5)6)23(18-11-13-19(32)14-12-18)24(33)30-22-16(2)9-8-10-20(22)28/h8-14,17,21,23,32,37H,7,15H2,1-6H3,(H,29,35)(H,30,33). The van der Waals surface area contributed by atoms with E-state index in [4.69, 9.17) is 16.3 Å². The molecule has 202 valence electrons. The van der Waals surface area contributed by atoms with Crippen LogP contribution in [0, 0.1) is 6.92 Å². The van der Waals surface area contributed by atoms with Gasteiger partial charge in [0.05, 0.1) is 10.7 Å². The molecule has 2 rings (SSSR count). The minimum absolute atomic E-state index is 0.0153. The lowest BCUT2D eigenvalue weighted by Gasteiger charge is -2.38. The van der Waals surface area contributed by atoms with Gasteiger partial charge in [-0.2, -0.15) is 12.6 Å². The quantitative estimate of drug-likeness (QED) is 0.310. The van der Waals surface area contributed by atoms with E-state index >= 15 is 0 Å². The lowest BCUT2D eigenvalue weighted by atomic mass is 9.99. The summed E-state index contributed by atoms with van der Waals surface area (Å²) in [5, 5.41) is 15.7. The maximum absolute atomic E-state index is 13.9. The SMILES string of the molecule is CCC(C)N(C(=O)C(CS)NC(=O)OC(C)(C)C)C(C(=O)Nc1c(C)cccc1Cl)c1ccc(O)cc1. The van der Waals surface area contributed by atoms with Gasteiger partial charge in [0.15, 0.2) is 0 Å². The lowest BCUT2D eigenvalue weighted by molar-refractivity contribution is -0.142. The monoisotopic (exact) mass is 549 g/mol. The number of alkyl carbamates (subject to hydrolysis) is 1. The van der Waals surface area contributed by atoms with E-state index < -0.39 is 41.6 Å². The second-order valence-electron chi connectivity index (χ2n) is 9.80. The van der Waals surface area contributed by atoms with Gasteiger partial charge in [0, 0.05) is 11.8 Å². The fraction of sp³-hybridized carbons (Fsp3) is 0.444. The lowest BCUT2D eigenvalue weighted by Crippen LogP contribution is -2.55. The number of benzene rings is 2. The normalized spacial score (nSPS) is 13.7. The van der Waals surface area contributed by atoms with Crippen molar-refractivity contribution < 1.29 is 24.2 Å². The molecule has 2 aromatic carbocycles. The van der Waals surface area contributed by atoms with Gasteiger partial charge in [-0.3, -0.25) is 9.59 Å². The molecule has 10 heteroatoms. The first-order valence-corrected chi connectivity index (χ1v) is 13.1. The molecule has 37 heavy (non-hydrogen) atoms. The number of aromatic hydroxyl groups is 1. The fourth-order valence-corrected chi connectivity index (χ4v) is 4.20. The third-order valence-electron chi connectivity index (χ3n) is 5.70. The van der Waals surface area contributed by atoms with Gasteiger partial charge in [-0.1, -0.05) is 42.8 Å². The molecule has 0 bridgehead atoms. The number of phenolic OH excluding ortho intramolecular Hbond substituents is 1. The van der Waals surface area contributed by atoms with E-state index in [0.717, 1.165) is 5.56 Å². The van der Waals surface area contributed by atoms with Crippen molar-refractivity contribution in [2.45, 2.75) is 71.7 Å². The van der Waals surface area contributed by atoms with Crippen LogP contribution in [0.25, 0.3) is 0 Å². The summed E-state index contributed by atoms with van der Waals surface area (Å²) < 4.78 is 5.32. The van der Waals surface area contributed by atoms with E-state index in [1.807, 2.05) is 26.8 Å². The Morgan fingerprint density at radius 2 is 1.76 bits per heavy atom. The van der Waals surface area contributed by atoms with Gasteiger partial charge in [-0.25, -0.2) is 4.79 Å². The number of hydrogen-bond donors (Lipinski definition) is 4. The Bertz CT molecular complexity index is 1080. The molecule has 3 unspecified atom stereocenters. The largest absolute Gasteiger partial charge is 0.508 e. The van der Waals surface area contributed by atoms with Crippen LogP contribution in [0.3, 0.4) is 0 Å². The summed E-state index contributed by atoms with van der Waals surface area (Å²) in [6.45, 7) is 10.7. The number of nitrogens with one attached hydrogen (secondary N) is 2. The summed E-state index contributed by atoms with van der Waals surface area (Å²) in [5.41, 5.74) is 0.911. The molecule has 0 saturated heterocycles. The minimum Gasteiger partial charge on any atom is -0.508 e. The fourth-order valence-electron chi connectivity index (χ4n) is 3.69. The highest BCUT2D eigenvalue weighted by atomic mass is 35.5. The minimum atomic E-state index is -1.10. The molecule has 0 aliphatic rings. The molecule has 0 aromatic heterocycles. The van der Waals surface area contributed by atoms with Crippen LogP contribution in [0.5, 0.6) is 5.75 Å². The highest BCUT2D eigenvalue weighted by Gasteiger charge is 2.38. The van der Waals surface area contributed by atoms with Gasteiger partial charge < -0.3 is 25.4 Å². The van der Waals surface area contributed by atoms with Gasteiger partial charge in [-0.15, -0.1) is 0 Å². The van der Waals surface area contributed by atoms with Gasteiger partial charge in [0.25, 0.3) is 5.91 Å². The van der Waals surface area contributed by atoms with Crippen LogP contribution in [-0.4, -0.2) is 51.4 Å². The number of rotatable bonds is 9. The average molecular weight is 550 g/mol. The molecule has 0 spiro atoms. The topological polar surface area (TPSA) is 108 Å². The van der Waals surface area contributed by atoms with E-state index in [2.05, 4.69) is 23.3 Å². The molecular formula is C27H36ClN3O5S. The molecule has 0 aliphatic carbocycles. The number of carbonyl (C=O) groups is 3. The Labute approximate surface area is 229 Å². The Kier molecular flexibility index (Phi) is 10.7. The number of thiol groups is 1. The Hall–Kier alpha value is -2.91. The van der Waals surface area contributed by atoms with Crippen molar-refractivity contribution in [2.24, 2.45) is 0 Å². The molecule has 3 N–H and O–H groups in total. The van der Waals surface area contributed by atoms with Crippen molar-refractivity contribution in [3.63, 3.8) is 0 Å². The molecule has 8 nitrogen and oxygen atoms in total. The highest BCUT2D eigenvalue weighted by molar-refractivity contribution is 7.80. The molecule has 2 aromatic rings. The number of nitrogens with zero attached hydrogens (tertiary/aromatic N) is 1. The van der Waals surface area contributed by atoms with Crippen molar-refractivity contribution in [1.29, 1.82) is 0 Å². The van der Waals surface area contributed by atoms with Crippen molar-refractivity contribution in [2.75, 3.05) is 11.1 Å². The average Bonchev–Trinajstić information content (AvgIpc) is 2.82. The zero-order valence-corrected chi connectivity index (χ0v) is 23.7. The summed E-state index contributed by atoms with van der Waals surface area (Å²) in [6.07, 6.45) is -0.230. The van der Waals surface area contributed by atoms with Crippen LogP contribution >= 0.6 is 24.2 Å². The number of anilines is 1. The maximum Gasteiger partial charge on any atom is 0.408 e. The molecular weight excluding hydrogens is 514 g/mol. The predicted molar refractivity (Wildman–Crippen MR) is 149 cm³/mol. The van der Waals surface area contributed by atoms with Crippen LogP contribution in [0.1, 0.15) is 58.2 Å². The van der Waals surface area contributed by atoms with Crippen molar-refractivity contribution in [1.82, 2.24) is 10.2 Å². The number of halogens is 1. The maximum atomic E-state index is 13.9. The van der Waals surface area contributed by atoms with E-state index in [0.29, 0.717) is 22.7 Å². The first-order valence-electron chi connectivity index (χ1n) is 12.1. The number of phenols is 1. The Balaban J connectivity index is 2.54. The molecule has 0 heterocycles. The molecule has 3 amide bonds. The number of para-hydroxylation sites is 1. The van der Waals surface area contributed by atoms with Crippen molar-refractivity contribution >= 4 is 47.8 Å². The van der Waals surface area contributed by atoms with E-state index in [1.165, 1.54) is 17.0 Å². The van der Waals surface area contributed by atoms with Gasteiger partial charge in [-0.05, 0) is 70.4 Å². The third kappa shape index (κ3) is 8.30. The van der Waals surface area contributed by atoms with Crippen molar-refractivity contribution in [3.8, 4) is 5.75 Å². The zero-order valence-electron chi connectivity index (χ0n) is 22.0. The number of amides is 3. The van der Waals surface area contributed by atoms with Crippen LogP contribution < -0.4 is 10.6 Å². The van der Waals surface area contributed by atoms with Crippen LogP contribution in [-0.2, 0) is 14.3 Å². The molecule has 0 aliphatic heterocycles. The van der Waals surface area contributed by atoms with E-state index in [1.54, 1.807) is 45.0 Å². The summed E-state index contributed by atoms with van der Waals surface area (Å²) in [6, 6.07) is 8.77. The zero-order chi connectivity index (χ0) is 27.9. The first-order chi connectivity index (χ1) is 17.3. The van der Waals surface area contributed by atoms with Gasteiger partial charge in [0.1, 0.15) is 23.4 Å². The van der Waals surface area contributed by atoms with Crippen LogP contribution in [0.2, 0.25) is 5.02 Å².